The number of benzene rings is 1. The highest BCUT2D eigenvalue weighted by molar-refractivity contribution is 5.80. The Balaban J connectivity index is 1.82. The number of likely N-dealkylation sites (tertiary alicyclic amines) is 1. The Morgan fingerprint density at radius 2 is 1.92 bits per heavy atom. The predicted molar refractivity (Wildman–Crippen MR) is 94.0 cm³/mol. The largest absolute Gasteiger partial charge is 0.484 e. The molecule has 0 radical (unpaired) electrons. The molecule has 1 aliphatic rings. The van der Waals surface area contributed by atoms with E-state index in [0.717, 1.165) is 18.6 Å². The summed E-state index contributed by atoms with van der Waals surface area (Å²) in [5, 5.41) is 0. The third-order valence-electron chi connectivity index (χ3n) is 4.52. The molecule has 0 bridgehead atoms. The fourth-order valence-electron chi connectivity index (χ4n) is 2.94. The van der Waals surface area contributed by atoms with E-state index in [4.69, 9.17) is 4.74 Å². The fraction of sp³-hybridized carbons (Fsp3) is 0.579. The Morgan fingerprint density at radius 3 is 2.50 bits per heavy atom. The minimum absolute atomic E-state index is 0.0132. The molecule has 24 heavy (non-hydrogen) atoms. The molecule has 0 aliphatic carbocycles. The smallest absolute Gasteiger partial charge is 0.260 e. The average molecular weight is 332 g/mol. The third kappa shape index (κ3) is 4.73. The van der Waals surface area contributed by atoms with Gasteiger partial charge in [-0.3, -0.25) is 9.59 Å². The lowest BCUT2D eigenvalue weighted by Crippen LogP contribution is -2.44. The van der Waals surface area contributed by atoms with E-state index in [0.29, 0.717) is 19.0 Å². The van der Waals surface area contributed by atoms with E-state index < -0.39 is 0 Å². The molecular weight excluding hydrogens is 304 g/mol. The first-order valence-corrected chi connectivity index (χ1v) is 8.60. The molecule has 1 fully saturated rings. The van der Waals surface area contributed by atoms with Gasteiger partial charge in [-0.25, -0.2) is 0 Å². The monoisotopic (exact) mass is 332 g/mol. The molecule has 0 spiro atoms. The molecule has 5 heteroatoms. The van der Waals surface area contributed by atoms with Crippen molar-refractivity contribution < 1.29 is 14.3 Å². The highest BCUT2D eigenvalue weighted by Gasteiger charge is 2.28. The SMILES string of the molecule is CC(C)c1cccc(OCC(=O)N2CCC(C(=O)N(C)C)CC2)c1. The first-order valence-electron chi connectivity index (χ1n) is 8.60. The lowest BCUT2D eigenvalue weighted by molar-refractivity contribution is -0.140. The van der Waals surface area contributed by atoms with Crippen molar-refractivity contribution in [3.63, 3.8) is 0 Å². The number of piperidine rings is 1. The van der Waals surface area contributed by atoms with Gasteiger partial charge in [-0.05, 0) is 36.5 Å². The minimum Gasteiger partial charge on any atom is -0.484 e. The summed E-state index contributed by atoms with van der Waals surface area (Å²) in [6, 6.07) is 7.88. The van der Waals surface area contributed by atoms with Gasteiger partial charge in [0.1, 0.15) is 5.75 Å². The average Bonchev–Trinajstić information content (AvgIpc) is 2.59. The van der Waals surface area contributed by atoms with Gasteiger partial charge >= 0.3 is 0 Å². The van der Waals surface area contributed by atoms with Crippen molar-refractivity contribution in [2.24, 2.45) is 5.92 Å². The Labute approximate surface area is 144 Å². The summed E-state index contributed by atoms with van der Waals surface area (Å²) in [6.45, 7) is 5.55. The van der Waals surface area contributed by atoms with Crippen LogP contribution in [0.3, 0.4) is 0 Å². The van der Waals surface area contributed by atoms with Gasteiger partial charge in [-0.15, -0.1) is 0 Å². The Kier molecular flexibility index (Phi) is 6.23. The van der Waals surface area contributed by atoms with Gasteiger partial charge in [-0.1, -0.05) is 26.0 Å². The van der Waals surface area contributed by atoms with Crippen LogP contribution in [-0.4, -0.2) is 55.4 Å². The van der Waals surface area contributed by atoms with Gasteiger partial charge in [0, 0.05) is 33.1 Å². The molecule has 1 aromatic carbocycles. The van der Waals surface area contributed by atoms with E-state index in [1.54, 1.807) is 23.9 Å². The number of rotatable bonds is 5. The first-order chi connectivity index (χ1) is 11.4. The van der Waals surface area contributed by atoms with E-state index in [1.807, 2.05) is 18.2 Å². The minimum atomic E-state index is -0.0132. The number of ether oxygens (including phenoxy) is 1. The summed E-state index contributed by atoms with van der Waals surface area (Å²) in [5.74, 6) is 1.34. The van der Waals surface area contributed by atoms with Crippen molar-refractivity contribution in [2.45, 2.75) is 32.6 Å². The number of carbonyl (C=O) groups is 2. The zero-order valence-corrected chi connectivity index (χ0v) is 15.1. The van der Waals surface area contributed by atoms with Gasteiger partial charge in [-0.2, -0.15) is 0 Å². The quantitative estimate of drug-likeness (QED) is 0.832. The van der Waals surface area contributed by atoms with Crippen LogP contribution in [0.5, 0.6) is 5.75 Å². The van der Waals surface area contributed by atoms with Gasteiger partial charge in [0.2, 0.25) is 5.91 Å². The topological polar surface area (TPSA) is 49.9 Å². The van der Waals surface area contributed by atoms with Crippen molar-refractivity contribution in [3.05, 3.63) is 29.8 Å². The third-order valence-corrected chi connectivity index (χ3v) is 4.52. The van der Waals surface area contributed by atoms with Crippen LogP contribution in [0.2, 0.25) is 0 Å². The van der Waals surface area contributed by atoms with E-state index >= 15 is 0 Å². The summed E-state index contributed by atoms with van der Waals surface area (Å²) in [5.41, 5.74) is 1.20. The molecule has 1 heterocycles. The summed E-state index contributed by atoms with van der Waals surface area (Å²) in [7, 11) is 3.55. The summed E-state index contributed by atoms with van der Waals surface area (Å²) in [6.07, 6.45) is 1.46. The summed E-state index contributed by atoms with van der Waals surface area (Å²) >= 11 is 0. The van der Waals surface area contributed by atoms with Gasteiger partial charge in [0.05, 0.1) is 0 Å². The predicted octanol–water partition coefficient (Wildman–Crippen LogP) is 2.52. The van der Waals surface area contributed by atoms with Gasteiger partial charge in [0.25, 0.3) is 5.91 Å². The van der Waals surface area contributed by atoms with E-state index in [9.17, 15) is 9.59 Å². The molecule has 0 unspecified atom stereocenters. The van der Waals surface area contributed by atoms with Gasteiger partial charge in [0.15, 0.2) is 6.61 Å². The molecule has 132 valence electrons. The van der Waals surface area contributed by atoms with E-state index in [-0.39, 0.29) is 24.3 Å². The maximum absolute atomic E-state index is 12.3. The molecule has 5 nitrogen and oxygen atoms in total. The highest BCUT2D eigenvalue weighted by Crippen LogP contribution is 2.21. The van der Waals surface area contributed by atoms with Crippen molar-refractivity contribution in [1.29, 1.82) is 0 Å². The molecule has 2 rings (SSSR count). The molecule has 1 aromatic rings. The Bertz CT molecular complexity index is 576. The molecule has 1 aliphatic heterocycles. The second-order valence-corrected chi connectivity index (χ2v) is 6.90. The second kappa shape index (κ2) is 8.18. The molecule has 1 saturated heterocycles. The second-order valence-electron chi connectivity index (χ2n) is 6.90. The molecule has 0 saturated carbocycles. The van der Waals surface area contributed by atoms with Crippen LogP contribution in [0.1, 0.15) is 38.2 Å². The lowest BCUT2D eigenvalue weighted by Gasteiger charge is -2.32. The maximum Gasteiger partial charge on any atom is 0.260 e. The zero-order valence-electron chi connectivity index (χ0n) is 15.1. The Hall–Kier alpha value is -2.04. The summed E-state index contributed by atoms with van der Waals surface area (Å²) in [4.78, 5) is 27.7. The number of nitrogens with zero attached hydrogens (tertiary/aromatic N) is 2. The number of amides is 2. The highest BCUT2D eigenvalue weighted by atomic mass is 16.5. The molecule has 2 amide bonds. The van der Waals surface area contributed by atoms with Crippen LogP contribution in [-0.2, 0) is 9.59 Å². The van der Waals surface area contributed by atoms with Gasteiger partial charge < -0.3 is 14.5 Å². The number of hydrogen-bond donors (Lipinski definition) is 0. The lowest BCUT2D eigenvalue weighted by atomic mass is 9.95. The maximum atomic E-state index is 12.3. The Morgan fingerprint density at radius 1 is 1.25 bits per heavy atom. The van der Waals surface area contributed by atoms with Crippen LogP contribution in [0, 0.1) is 5.92 Å². The van der Waals surface area contributed by atoms with Crippen molar-refractivity contribution in [3.8, 4) is 5.75 Å². The number of hydrogen-bond acceptors (Lipinski definition) is 3. The molecular formula is C19H28N2O3. The van der Waals surface area contributed by atoms with Crippen molar-refractivity contribution in [2.75, 3.05) is 33.8 Å². The van der Waals surface area contributed by atoms with E-state index in [1.165, 1.54) is 5.56 Å². The van der Waals surface area contributed by atoms with Crippen molar-refractivity contribution >= 4 is 11.8 Å². The van der Waals surface area contributed by atoms with Crippen LogP contribution >= 0.6 is 0 Å². The molecule has 0 atom stereocenters. The first kappa shape index (κ1) is 18.3. The van der Waals surface area contributed by atoms with Crippen molar-refractivity contribution in [1.82, 2.24) is 9.80 Å². The van der Waals surface area contributed by atoms with Crippen LogP contribution in [0.25, 0.3) is 0 Å². The molecule has 0 aromatic heterocycles. The molecule has 0 N–H and O–H groups in total. The zero-order chi connectivity index (χ0) is 17.7. The number of carbonyl (C=O) groups excluding carboxylic acids is 2. The fourth-order valence-corrected chi connectivity index (χ4v) is 2.94. The summed E-state index contributed by atoms with van der Waals surface area (Å²) < 4.78 is 5.66. The normalized spacial score (nSPS) is 15.5. The standard InChI is InChI=1S/C19H28N2O3/c1-14(2)16-6-5-7-17(12-16)24-13-18(22)21-10-8-15(9-11-21)19(23)20(3)4/h5-7,12,14-15H,8-11,13H2,1-4H3. The van der Waals surface area contributed by atoms with E-state index in [2.05, 4.69) is 19.9 Å². The van der Waals surface area contributed by atoms with Crippen LogP contribution in [0.4, 0.5) is 0 Å². The van der Waals surface area contributed by atoms with Crippen LogP contribution in [0.15, 0.2) is 24.3 Å². The van der Waals surface area contributed by atoms with Crippen LogP contribution < -0.4 is 4.74 Å².